The highest BCUT2D eigenvalue weighted by Crippen LogP contribution is 2.15. The zero-order valence-electron chi connectivity index (χ0n) is 8.77. The van der Waals surface area contributed by atoms with Crippen LogP contribution in [0.5, 0.6) is 0 Å². The molecule has 8 heteroatoms. The molecule has 7 nitrogen and oxygen atoms in total. The molecule has 0 bridgehead atoms. The van der Waals surface area contributed by atoms with Gasteiger partial charge in [-0.15, -0.1) is 10.2 Å². The highest BCUT2D eigenvalue weighted by molar-refractivity contribution is 7.15. The number of hydrogen-bond acceptors (Lipinski definition) is 7. The molecule has 1 fully saturated rings. The molecule has 0 unspecified atom stereocenters. The molecule has 2 rings (SSSR count). The lowest BCUT2D eigenvalue weighted by Gasteiger charge is -2.15. The fraction of sp³-hybridized carbons (Fsp3) is 0.625. The summed E-state index contributed by atoms with van der Waals surface area (Å²) in [4.78, 5) is 13.4. The van der Waals surface area contributed by atoms with Gasteiger partial charge in [0, 0.05) is 13.1 Å². The number of nitrogen functional groups attached to an aromatic ring is 1. The van der Waals surface area contributed by atoms with E-state index in [-0.39, 0.29) is 5.91 Å². The third-order valence-electron chi connectivity index (χ3n) is 2.29. The molecule has 0 aliphatic carbocycles. The molecule has 1 aliphatic rings. The number of aromatic nitrogens is 2. The van der Waals surface area contributed by atoms with Gasteiger partial charge in [-0.05, 0) is 6.42 Å². The molecule has 0 spiro atoms. The Morgan fingerprint density at radius 1 is 1.56 bits per heavy atom. The van der Waals surface area contributed by atoms with Crippen LogP contribution < -0.4 is 16.6 Å². The van der Waals surface area contributed by atoms with Crippen molar-refractivity contribution < 1.29 is 4.79 Å². The fourth-order valence-corrected chi connectivity index (χ4v) is 2.26. The summed E-state index contributed by atoms with van der Waals surface area (Å²) in [6.45, 7) is 2.71. The first kappa shape index (κ1) is 11.2. The van der Waals surface area contributed by atoms with Gasteiger partial charge in [0.2, 0.25) is 11.0 Å². The van der Waals surface area contributed by atoms with E-state index in [2.05, 4.69) is 25.8 Å². The molecule has 1 aromatic heterocycles. The summed E-state index contributed by atoms with van der Waals surface area (Å²) in [6, 6.07) is 0. The van der Waals surface area contributed by atoms with E-state index < -0.39 is 0 Å². The summed E-state index contributed by atoms with van der Waals surface area (Å²) in [7, 11) is 0. The molecule has 0 saturated carbocycles. The van der Waals surface area contributed by atoms with Gasteiger partial charge in [-0.3, -0.25) is 15.1 Å². The molecular weight excluding hydrogens is 228 g/mol. The van der Waals surface area contributed by atoms with E-state index in [9.17, 15) is 4.79 Å². The van der Waals surface area contributed by atoms with Crippen molar-refractivity contribution in [3.05, 3.63) is 5.01 Å². The van der Waals surface area contributed by atoms with Gasteiger partial charge in [0.15, 0.2) is 0 Å². The monoisotopic (exact) mass is 242 g/mol. The third-order valence-corrected chi connectivity index (χ3v) is 3.13. The molecule has 1 amide bonds. The Morgan fingerprint density at radius 3 is 3.19 bits per heavy atom. The van der Waals surface area contributed by atoms with Gasteiger partial charge in [0.25, 0.3) is 0 Å². The molecular formula is C8H14N6OS. The Balaban J connectivity index is 1.94. The van der Waals surface area contributed by atoms with Crippen LogP contribution in [0.4, 0.5) is 5.13 Å². The second-order valence-electron chi connectivity index (χ2n) is 3.56. The summed E-state index contributed by atoms with van der Waals surface area (Å²) in [5.41, 5.74) is 2.45. The van der Waals surface area contributed by atoms with Crippen LogP contribution in [0, 0.1) is 0 Å². The average molecular weight is 242 g/mol. The average Bonchev–Trinajstić information content (AvgIpc) is 2.62. The van der Waals surface area contributed by atoms with Crippen molar-refractivity contribution in [1.82, 2.24) is 20.4 Å². The first-order valence-electron chi connectivity index (χ1n) is 5.06. The van der Waals surface area contributed by atoms with Crippen molar-refractivity contribution in [2.75, 3.05) is 25.1 Å². The maximum atomic E-state index is 11.3. The van der Waals surface area contributed by atoms with Gasteiger partial charge < -0.3 is 5.32 Å². The smallest absolute Gasteiger partial charge is 0.234 e. The van der Waals surface area contributed by atoms with Gasteiger partial charge in [0.1, 0.15) is 5.01 Å². The van der Waals surface area contributed by atoms with E-state index >= 15 is 0 Å². The van der Waals surface area contributed by atoms with Crippen molar-refractivity contribution in [3.63, 3.8) is 0 Å². The molecule has 0 atom stereocenters. The molecule has 1 aromatic rings. The van der Waals surface area contributed by atoms with E-state index in [1.807, 2.05) is 0 Å². The van der Waals surface area contributed by atoms with Crippen molar-refractivity contribution >= 4 is 22.4 Å². The summed E-state index contributed by atoms with van der Waals surface area (Å²) >= 11 is 1.40. The van der Waals surface area contributed by atoms with E-state index in [1.165, 1.54) is 11.3 Å². The van der Waals surface area contributed by atoms with E-state index in [4.69, 9.17) is 5.84 Å². The SMILES string of the molecule is NNc1nnc(CN2CCCNC(=O)C2)s1. The van der Waals surface area contributed by atoms with Gasteiger partial charge in [-0.1, -0.05) is 11.3 Å². The summed E-state index contributed by atoms with van der Waals surface area (Å²) in [5, 5.41) is 12.1. The van der Waals surface area contributed by atoms with Crippen LogP contribution >= 0.6 is 11.3 Å². The number of amides is 1. The minimum absolute atomic E-state index is 0.0687. The van der Waals surface area contributed by atoms with Crippen molar-refractivity contribution in [2.24, 2.45) is 5.84 Å². The fourth-order valence-electron chi connectivity index (χ4n) is 1.57. The van der Waals surface area contributed by atoms with Gasteiger partial charge in [-0.25, -0.2) is 5.84 Å². The van der Waals surface area contributed by atoms with E-state index in [0.29, 0.717) is 18.2 Å². The summed E-state index contributed by atoms with van der Waals surface area (Å²) < 4.78 is 0. The maximum absolute atomic E-state index is 11.3. The maximum Gasteiger partial charge on any atom is 0.234 e. The Morgan fingerprint density at radius 2 is 2.44 bits per heavy atom. The molecule has 1 saturated heterocycles. The number of nitrogens with zero attached hydrogens (tertiary/aromatic N) is 3. The van der Waals surface area contributed by atoms with Crippen LogP contribution in [-0.2, 0) is 11.3 Å². The van der Waals surface area contributed by atoms with Crippen molar-refractivity contribution in [2.45, 2.75) is 13.0 Å². The third kappa shape index (κ3) is 2.87. The van der Waals surface area contributed by atoms with Crippen molar-refractivity contribution in [1.29, 1.82) is 0 Å². The van der Waals surface area contributed by atoms with E-state index in [0.717, 1.165) is 24.5 Å². The number of nitrogens with two attached hydrogens (primary N) is 1. The minimum atomic E-state index is 0.0687. The van der Waals surface area contributed by atoms with Gasteiger partial charge in [0.05, 0.1) is 13.1 Å². The number of hydrazine groups is 1. The quantitative estimate of drug-likeness (QED) is 0.472. The van der Waals surface area contributed by atoms with Crippen molar-refractivity contribution in [3.8, 4) is 0 Å². The largest absolute Gasteiger partial charge is 0.355 e. The normalized spacial score (nSPS) is 17.9. The lowest BCUT2D eigenvalue weighted by molar-refractivity contribution is -0.121. The van der Waals surface area contributed by atoms with Crippen LogP contribution in [0.3, 0.4) is 0 Å². The van der Waals surface area contributed by atoms with Crippen LogP contribution in [0.1, 0.15) is 11.4 Å². The number of anilines is 1. The minimum Gasteiger partial charge on any atom is -0.355 e. The van der Waals surface area contributed by atoms with Gasteiger partial charge >= 0.3 is 0 Å². The number of rotatable bonds is 3. The van der Waals surface area contributed by atoms with Crippen LogP contribution in [0.25, 0.3) is 0 Å². The summed E-state index contributed by atoms with van der Waals surface area (Å²) in [5.74, 6) is 5.29. The number of carbonyl (C=O) groups excluding carboxylic acids is 1. The number of nitrogens with one attached hydrogen (secondary N) is 2. The second-order valence-corrected chi connectivity index (χ2v) is 4.62. The van der Waals surface area contributed by atoms with Crippen LogP contribution in [0.2, 0.25) is 0 Å². The predicted molar refractivity (Wildman–Crippen MR) is 60.6 cm³/mol. The molecule has 0 aromatic carbocycles. The highest BCUT2D eigenvalue weighted by atomic mass is 32.1. The van der Waals surface area contributed by atoms with Gasteiger partial charge in [-0.2, -0.15) is 0 Å². The molecule has 88 valence electrons. The first-order valence-corrected chi connectivity index (χ1v) is 5.87. The lowest BCUT2D eigenvalue weighted by atomic mass is 10.4. The van der Waals surface area contributed by atoms with E-state index in [1.54, 1.807) is 0 Å². The van der Waals surface area contributed by atoms with Crippen LogP contribution in [0.15, 0.2) is 0 Å². The standard InChI is InChI=1S/C8H14N6OS/c9-11-8-13-12-7(16-8)5-14-3-1-2-10-6(15)4-14/h1-5,9H2,(H,10,15)(H,11,13). The Kier molecular flexibility index (Phi) is 3.65. The lowest BCUT2D eigenvalue weighted by Crippen LogP contribution is -2.32. The highest BCUT2D eigenvalue weighted by Gasteiger charge is 2.16. The molecule has 2 heterocycles. The topological polar surface area (TPSA) is 96.2 Å². The Bertz CT molecular complexity index is 367. The summed E-state index contributed by atoms with van der Waals surface area (Å²) in [6.07, 6.45) is 0.965. The zero-order chi connectivity index (χ0) is 11.4. The Labute approximate surface area is 97.0 Å². The van der Waals surface area contributed by atoms with Crippen LogP contribution in [-0.4, -0.2) is 40.6 Å². The number of hydrogen-bond donors (Lipinski definition) is 3. The zero-order valence-corrected chi connectivity index (χ0v) is 9.59. The molecule has 4 N–H and O–H groups in total. The predicted octanol–water partition coefficient (Wildman–Crippen LogP) is -0.854. The molecule has 0 radical (unpaired) electrons. The molecule has 16 heavy (non-hydrogen) atoms. The Hall–Kier alpha value is -1.25. The molecule has 1 aliphatic heterocycles. The first-order chi connectivity index (χ1) is 7.78. The number of carbonyl (C=O) groups is 1. The second kappa shape index (κ2) is 5.19.